The van der Waals surface area contributed by atoms with Crippen LogP contribution in [0, 0.1) is 0 Å². The van der Waals surface area contributed by atoms with Crippen LogP contribution in [0.3, 0.4) is 0 Å². The predicted octanol–water partition coefficient (Wildman–Crippen LogP) is 1.52. The average molecular weight is 268 g/mol. The number of nitrogens with zero attached hydrogens (tertiary/aromatic N) is 4. The molecule has 0 aliphatic carbocycles. The zero-order valence-corrected chi connectivity index (χ0v) is 10.9. The molecule has 0 unspecified atom stereocenters. The lowest BCUT2D eigenvalue weighted by Crippen LogP contribution is -2.08. The monoisotopic (exact) mass is 268 g/mol. The Morgan fingerprint density at radius 3 is 2.75 bits per heavy atom. The highest BCUT2D eigenvalue weighted by atomic mass is 16.1. The van der Waals surface area contributed by atoms with Gasteiger partial charge in [-0.05, 0) is 12.1 Å². The molecule has 0 atom stereocenters. The first kappa shape index (κ1) is 12.3. The molecule has 0 aliphatic heterocycles. The molecule has 0 N–H and O–H groups in total. The number of carbonyl (C=O) groups excluding carboxylic acids is 2. The smallest absolute Gasteiger partial charge is 0.174 e. The molecule has 3 heterocycles. The van der Waals surface area contributed by atoms with Gasteiger partial charge in [-0.15, -0.1) is 0 Å². The Balaban J connectivity index is 1.84. The molecule has 0 fully saturated rings. The normalized spacial score (nSPS) is 10.8. The van der Waals surface area contributed by atoms with Gasteiger partial charge in [0.2, 0.25) is 0 Å². The molecule has 0 radical (unpaired) electrons. The summed E-state index contributed by atoms with van der Waals surface area (Å²) in [5.74, 6) is -0.474. The van der Waals surface area contributed by atoms with E-state index in [0.717, 1.165) is 0 Å². The second kappa shape index (κ2) is 4.73. The van der Waals surface area contributed by atoms with Crippen molar-refractivity contribution in [2.45, 2.75) is 6.42 Å². The molecule has 3 rings (SSSR count). The van der Waals surface area contributed by atoms with Gasteiger partial charge in [0.15, 0.2) is 11.6 Å². The van der Waals surface area contributed by atoms with Crippen LogP contribution in [0.4, 0.5) is 0 Å². The maximum Gasteiger partial charge on any atom is 0.174 e. The Morgan fingerprint density at radius 2 is 2.00 bits per heavy atom. The van der Waals surface area contributed by atoms with E-state index in [2.05, 4.69) is 10.2 Å². The molecule has 3 aromatic heterocycles. The topological polar surface area (TPSA) is 69.3 Å². The Morgan fingerprint density at radius 1 is 1.15 bits per heavy atom. The lowest BCUT2D eigenvalue weighted by Gasteiger charge is -1.98. The van der Waals surface area contributed by atoms with Gasteiger partial charge in [-0.2, -0.15) is 10.2 Å². The minimum atomic E-state index is -0.238. The van der Waals surface area contributed by atoms with Gasteiger partial charge in [0.1, 0.15) is 0 Å². The number of hydrogen-bond acceptors (Lipinski definition) is 4. The number of aryl methyl sites for hydroxylation is 1. The van der Waals surface area contributed by atoms with Crippen molar-refractivity contribution >= 4 is 17.1 Å². The van der Waals surface area contributed by atoms with Crippen molar-refractivity contribution in [2.24, 2.45) is 7.05 Å². The average Bonchev–Trinajstić information content (AvgIpc) is 3.04. The number of ketones is 2. The zero-order chi connectivity index (χ0) is 14.1. The molecule has 0 saturated carbocycles. The molecule has 20 heavy (non-hydrogen) atoms. The number of Topliss-reactive ketones (excluding diaryl/α,β-unsaturated/α-hetero) is 2. The van der Waals surface area contributed by atoms with Crippen molar-refractivity contribution < 1.29 is 9.59 Å². The van der Waals surface area contributed by atoms with Crippen molar-refractivity contribution in [3.05, 3.63) is 54.1 Å². The van der Waals surface area contributed by atoms with Gasteiger partial charge in [0, 0.05) is 19.4 Å². The summed E-state index contributed by atoms with van der Waals surface area (Å²) in [6.45, 7) is 0. The molecule has 0 aliphatic rings. The summed E-state index contributed by atoms with van der Waals surface area (Å²) >= 11 is 0. The summed E-state index contributed by atoms with van der Waals surface area (Å²) in [6, 6.07) is 5.46. The van der Waals surface area contributed by atoms with E-state index in [1.807, 2.05) is 12.1 Å². The predicted molar refractivity (Wildman–Crippen MR) is 71.7 cm³/mol. The van der Waals surface area contributed by atoms with Crippen molar-refractivity contribution in [1.29, 1.82) is 0 Å². The highest BCUT2D eigenvalue weighted by Gasteiger charge is 2.18. The number of rotatable bonds is 4. The minimum absolute atomic E-state index is 0.179. The fourth-order valence-electron chi connectivity index (χ4n) is 2.06. The summed E-state index contributed by atoms with van der Waals surface area (Å²) in [7, 11) is 1.73. The fourth-order valence-corrected chi connectivity index (χ4v) is 2.06. The second-order valence-electron chi connectivity index (χ2n) is 4.51. The highest BCUT2D eigenvalue weighted by Crippen LogP contribution is 2.14. The van der Waals surface area contributed by atoms with Crippen LogP contribution in [0.15, 0.2) is 43.0 Å². The van der Waals surface area contributed by atoms with Crippen LogP contribution in [0.5, 0.6) is 0 Å². The lowest BCUT2D eigenvalue weighted by molar-refractivity contribution is 0.0895. The molecular formula is C14H12N4O2. The van der Waals surface area contributed by atoms with Gasteiger partial charge < -0.3 is 0 Å². The molecule has 100 valence electrons. The molecule has 0 amide bonds. The van der Waals surface area contributed by atoms with E-state index in [1.54, 1.807) is 30.0 Å². The molecular weight excluding hydrogens is 256 g/mol. The first-order valence-corrected chi connectivity index (χ1v) is 6.12. The molecule has 6 nitrogen and oxygen atoms in total. The third-order valence-corrected chi connectivity index (χ3v) is 3.07. The number of aromatic nitrogens is 4. The first-order valence-electron chi connectivity index (χ1n) is 6.12. The quantitative estimate of drug-likeness (QED) is 0.531. The number of pyridine rings is 1. The Hall–Kier alpha value is -2.76. The van der Waals surface area contributed by atoms with Gasteiger partial charge >= 0.3 is 0 Å². The van der Waals surface area contributed by atoms with E-state index in [9.17, 15) is 9.59 Å². The second-order valence-corrected chi connectivity index (χ2v) is 4.51. The molecule has 0 bridgehead atoms. The number of carbonyl (C=O) groups is 2. The van der Waals surface area contributed by atoms with E-state index < -0.39 is 0 Å². The van der Waals surface area contributed by atoms with Crippen molar-refractivity contribution in [1.82, 2.24) is 19.4 Å². The molecule has 0 spiro atoms. The van der Waals surface area contributed by atoms with Crippen LogP contribution in [-0.4, -0.2) is 31.0 Å². The number of fused-ring (bicyclic) bond motifs is 1. The molecule has 3 aromatic rings. The SMILES string of the molecule is Cn1cc(C(=O)CC(=O)c2cnn3ccccc23)cn1. The van der Waals surface area contributed by atoms with E-state index in [1.165, 1.54) is 17.1 Å². The van der Waals surface area contributed by atoms with Crippen LogP contribution >= 0.6 is 0 Å². The third kappa shape index (κ3) is 2.11. The van der Waals surface area contributed by atoms with Gasteiger partial charge in [-0.3, -0.25) is 14.3 Å². The number of hydrogen-bond donors (Lipinski definition) is 0. The summed E-state index contributed by atoms with van der Waals surface area (Å²) in [5.41, 5.74) is 1.61. The summed E-state index contributed by atoms with van der Waals surface area (Å²) in [4.78, 5) is 24.2. The van der Waals surface area contributed by atoms with E-state index in [0.29, 0.717) is 16.6 Å². The van der Waals surface area contributed by atoms with Crippen LogP contribution in [0.25, 0.3) is 5.52 Å². The van der Waals surface area contributed by atoms with Crippen molar-refractivity contribution in [2.75, 3.05) is 0 Å². The molecule has 0 aromatic carbocycles. The largest absolute Gasteiger partial charge is 0.294 e. The Labute approximate surface area is 114 Å². The van der Waals surface area contributed by atoms with Gasteiger partial charge in [0.05, 0.1) is 35.5 Å². The zero-order valence-electron chi connectivity index (χ0n) is 10.9. The van der Waals surface area contributed by atoms with E-state index >= 15 is 0 Å². The Kier molecular flexibility index (Phi) is 2.90. The van der Waals surface area contributed by atoms with Crippen molar-refractivity contribution in [3.63, 3.8) is 0 Å². The van der Waals surface area contributed by atoms with Crippen LogP contribution in [-0.2, 0) is 7.05 Å². The first-order chi connectivity index (χ1) is 9.65. The van der Waals surface area contributed by atoms with Crippen molar-refractivity contribution in [3.8, 4) is 0 Å². The summed E-state index contributed by atoms with van der Waals surface area (Å²) in [6.07, 6.45) is 6.14. The maximum atomic E-state index is 12.2. The molecule has 0 saturated heterocycles. The lowest BCUT2D eigenvalue weighted by atomic mass is 10.0. The summed E-state index contributed by atoms with van der Waals surface area (Å²) in [5, 5.41) is 8.02. The van der Waals surface area contributed by atoms with Crippen LogP contribution in [0.1, 0.15) is 27.1 Å². The van der Waals surface area contributed by atoms with E-state index in [-0.39, 0.29) is 18.0 Å². The highest BCUT2D eigenvalue weighted by molar-refractivity contribution is 6.15. The molecule has 6 heteroatoms. The van der Waals surface area contributed by atoms with E-state index in [4.69, 9.17) is 0 Å². The Bertz CT molecular complexity index is 800. The fraction of sp³-hybridized carbons (Fsp3) is 0.143. The van der Waals surface area contributed by atoms with Gasteiger partial charge in [-0.25, -0.2) is 4.52 Å². The summed E-state index contributed by atoms with van der Waals surface area (Å²) < 4.78 is 3.15. The van der Waals surface area contributed by atoms with Crippen LogP contribution < -0.4 is 0 Å². The maximum absolute atomic E-state index is 12.2. The van der Waals surface area contributed by atoms with Crippen LogP contribution in [0.2, 0.25) is 0 Å². The third-order valence-electron chi connectivity index (χ3n) is 3.07. The van der Waals surface area contributed by atoms with Gasteiger partial charge in [-0.1, -0.05) is 6.07 Å². The standard InChI is InChI=1S/C14H12N4O2/c1-17-9-10(7-15-17)13(19)6-14(20)11-8-16-18-5-3-2-4-12(11)18/h2-5,7-9H,6H2,1H3. The van der Waals surface area contributed by atoms with Gasteiger partial charge in [0.25, 0.3) is 0 Å². The minimum Gasteiger partial charge on any atom is -0.294 e.